The summed E-state index contributed by atoms with van der Waals surface area (Å²) in [6, 6.07) is 9.41. The fraction of sp³-hybridized carbons (Fsp3) is 0.571. The van der Waals surface area contributed by atoms with E-state index < -0.39 is 0 Å². The SMILES string of the molecule is CCc1cc(COCCOCc2cc(CC)c(C(C)C)cc2CC)c(CC)cc1C. The van der Waals surface area contributed by atoms with Crippen molar-refractivity contribution in [1.82, 2.24) is 0 Å². The molecule has 2 aromatic carbocycles. The van der Waals surface area contributed by atoms with Crippen LogP contribution in [0.4, 0.5) is 0 Å². The van der Waals surface area contributed by atoms with E-state index in [2.05, 4.69) is 72.7 Å². The van der Waals surface area contributed by atoms with Crippen LogP contribution in [0.15, 0.2) is 24.3 Å². The van der Waals surface area contributed by atoms with Crippen LogP contribution in [0.5, 0.6) is 0 Å². The Morgan fingerprint density at radius 2 is 1.07 bits per heavy atom. The Morgan fingerprint density at radius 3 is 1.53 bits per heavy atom. The van der Waals surface area contributed by atoms with Crippen molar-refractivity contribution in [2.75, 3.05) is 13.2 Å². The van der Waals surface area contributed by atoms with E-state index in [9.17, 15) is 0 Å². The first-order chi connectivity index (χ1) is 14.4. The van der Waals surface area contributed by atoms with Crippen LogP contribution in [-0.4, -0.2) is 13.2 Å². The number of hydrogen-bond donors (Lipinski definition) is 0. The van der Waals surface area contributed by atoms with Crippen molar-refractivity contribution < 1.29 is 9.47 Å². The van der Waals surface area contributed by atoms with E-state index in [1.807, 2.05) is 0 Å². The molecule has 2 heteroatoms. The van der Waals surface area contributed by atoms with Gasteiger partial charge >= 0.3 is 0 Å². The smallest absolute Gasteiger partial charge is 0.0720 e. The topological polar surface area (TPSA) is 18.5 Å². The van der Waals surface area contributed by atoms with Gasteiger partial charge in [-0.25, -0.2) is 0 Å². The summed E-state index contributed by atoms with van der Waals surface area (Å²) >= 11 is 0. The number of aryl methyl sites for hydroxylation is 5. The zero-order valence-electron chi connectivity index (χ0n) is 20.4. The molecule has 166 valence electrons. The molecule has 0 saturated carbocycles. The largest absolute Gasteiger partial charge is 0.374 e. The maximum Gasteiger partial charge on any atom is 0.0720 e. The lowest BCUT2D eigenvalue weighted by Gasteiger charge is -2.18. The molecule has 0 saturated heterocycles. The average molecular weight is 411 g/mol. The monoisotopic (exact) mass is 410 g/mol. The molecule has 0 aromatic heterocycles. The zero-order chi connectivity index (χ0) is 22.1. The first-order valence-corrected chi connectivity index (χ1v) is 11.9. The van der Waals surface area contributed by atoms with Gasteiger partial charge in [0.25, 0.3) is 0 Å². The van der Waals surface area contributed by atoms with Gasteiger partial charge in [-0.3, -0.25) is 0 Å². The van der Waals surface area contributed by atoms with Crippen LogP contribution < -0.4 is 0 Å². The second kappa shape index (κ2) is 12.3. The molecule has 0 unspecified atom stereocenters. The third kappa shape index (κ3) is 6.43. The van der Waals surface area contributed by atoms with Crippen LogP contribution in [0.2, 0.25) is 0 Å². The van der Waals surface area contributed by atoms with Gasteiger partial charge in [-0.2, -0.15) is 0 Å². The molecule has 2 rings (SSSR count). The molecule has 0 N–H and O–H groups in total. The molecule has 0 spiro atoms. The van der Waals surface area contributed by atoms with Crippen LogP contribution in [0.3, 0.4) is 0 Å². The lowest BCUT2D eigenvalue weighted by atomic mass is 9.90. The summed E-state index contributed by atoms with van der Waals surface area (Å²) in [5.74, 6) is 0.566. The van der Waals surface area contributed by atoms with Gasteiger partial charge in [0.15, 0.2) is 0 Å². The van der Waals surface area contributed by atoms with Gasteiger partial charge in [0.05, 0.1) is 26.4 Å². The molecule has 0 bridgehead atoms. The minimum Gasteiger partial charge on any atom is -0.374 e. The second-order valence-electron chi connectivity index (χ2n) is 8.54. The Hall–Kier alpha value is -1.64. The van der Waals surface area contributed by atoms with Crippen LogP contribution >= 0.6 is 0 Å². The van der Waals surface area contributed by atoms with Gasteiger partial charge in [0.1, 0.15) is 0 Å². The Bertz CT molecular complexity index is 805. The predicted molar refractivity (Wildman–Crippen MR) is 129 cm³/mol. The Balaban J connectivity index is 1.89. The molecule has 0 aliphatic heterocycles. The van der Waals surface area contributed by atoms with Gasteiger partial charge in [-0.05, 0) is 83.0 Å². The van der Waals surface area contributed by atoms with Gasteiger partial charge in [-0.1, -0.05) is 65.8 Å². The highest BCUT2D eigenvalue weighted by atomic mass is 16.5. The molecule has 2 aromatic rings. The number of benzene rings is 2. The lowest BCUT2D eigenvalue weighted by molar-refractivity contribution is 0.0334. The third-order valence-corrected chi connectivity index (χ3v) is 6.15. The van der Waals surface area contributed by atoms with E-state index in [4.69, 9.17) is 9.47 Å². The van der Waals surface area contributed by atoms with Crippen molar-refractivity contribution in [2.24, 2.45) is 0 Å². The quantitative estimate of drug-likeness (QED) is 0.347. The molecule has 0 atom stereocenters. The maximum absolute atomic E-state index is 6.00. The first-order valence-electron chi connectivity index (χ1n) is 11.9. The van der Waals surface area contributed by atoms with Crippen LogP contribution in [0.25, 0.3) is 0 Å². The molecule has 0 fully saturated rings. The summed E-state index contributed by atoms with van der Waals surface area (Å²) in [6.07, 6.45) is 4.24. The third-order valence-electron chi connectivity index (χ3n) is 6.15. The molecule has 0 aliphatic carbocycles. The van der Waals surface area contributed by atoms with Crippen molar-refractivity contribution in [1.29, 1.82) is 0 Å². The fourth-order valence-corrected chi connectivity index (χ4v) is 4.26. The van der Waals surface area contributed by atoms with Crippen molar-refractivity contribution in [3.8, 4) is 0 Å². The molecule has 0 amide bonds. The van der Waals surface area contributed by atoms with Crippen molar-refractivity contribution in [2.45, 2.75) is 93.3 Å². The first kappa shape index (κ1) is 24.6. The number of ether oxygens (including phenoxy) is 2. The zero-order valence-corrected chi connectivity index (χ0v) is 20.4. The summed E-state index contributed by atoms with van der Waals surface area (Å²) in [7, 11) is 0. The molecule has 2 nitrogen and oxygen atoms in total. The Labute approximate surface area is 185 Å². The highest BCUT2D eigenvalue weighted by Gasteiger charge is 2.11. The van der Waals surface area contributed by atoms with Gasteiger partial charge in [0, 0.05) is 0 Å². The van der Waals surface area contributed by atoms with E-state index in [0.717, 1.165) is 25.7 Å². The minimum absolute atomic E-state index is 0.566. The summed E-state index contributed by atoms with van der Waals surface area (Å²) in [6.45, 7) is 18.3. The molecular formula is C28H42O2. The minimum atomic E-state index is 0.566. The van der Waals surface area contributed by atoms with E-state index in [1.54, 1.807) is 0 Å². The predicted octanol–water partition coefficient (Wildman–Crippen LogP) is 7.10. The van der Waals surface area contributed by atoms with Gasteiger partial charge in [0.2, 0.25) is 0 Å². The highest BCUT2D eigenvalue weighted by Crippen LogP contribution is 2.25. The molecule has 0 radical (unpaired) electrons. The Kier molecular flexibility index (Phi) is 10.1. The van der Waals surface area contributed by atoms with Crippen molar-refractivity contribution >= 4 is 0 Å². The standard InChI is InChI=1S/C28H42O2/c1-8-22-15-26(23(9-2)14-21(22)7)18-29-12-13-30-19-27-16-25(11-4)28(20(5)6)17-24(27)10-3/h14-17,20H,8-13,18-19H2,1-7H3. The molecule has 30 heavy (non-hydrogen) atoms. The van der Waals surface area contributed by atoms with Crippen LogP contribution in [0.1, 0.15) is 92.0 Å². The number of rotatable bonds is 12. The number of hydrogen-bond acceptors (Lipinski definition) is 2. The summed E-state index contributed by atoms with van der Waals surface area (Å²) < 4.78 is 12.0. The lowest BCUT2D eigenvalue weighted by Crippen LogP contribution is -2.08. The maximum atomic E-state index is 6.00. The fourth-order valence-electron chi connectivity index (χ4n) is 4.26. The van der Waals surface area contributed by atoms with E-state index in [-0.39, 0.29) is 0 Å². The van der Waals surface area contributed by atoms with E-state index in [0.29, 0.717) is 32.3 Å². The average Bonchev–Trinajstić information content (AvgIpc) is 2.75. The molecule has 0 heterocycles. The van der Waals surface area contributed by atoms with Crippen LogP contribution in [0, 0.1) is 6.92 Å². The summed E-state index contributed by atoms with van der Waals surface area (Å²) in [5.41, 5.74) is 11.2. The van der Waals surface area contributed by atoms with Gasteiger partial charge in [-0.15, -0.1) is 0 Å². The summed E-state index contributed by atoms with van der Waals surface area (Å²) in [5, 5.41) is 0. The van der Waals surface area contributed by atoms with Crippen LogP contribution in [-0.2, 0) is 48.4 Å². The normalized spacial score (nSPS) is 11.5. The molecular weight excluding hydrogens is 368 g/mol. The highest BCUT2D eigenvalue weighted by molar-refractivity contribution is 5.40. The summed E-state index contributed by atoms with van der Waals surface area (Å²) in [4.78, 5) is 0. The molecule has 0 aliphatic rings. The van der Waals surface area contributed by atoms with Crippen molar-refractivity contribution in [3.63, 3.8) is 0 Å². The van der Waals surface area contributed by atoms with Gasteiger partial charge < -0.3 is 9.47 Å². The van der Waals surface area contributed by atoms with Crippen molar-refractivity contribution in [3.05, 3.63) is 68.8 Å². The second-order valence-corrected chi connectivity index (χ2v) is 8.54. The van der Waals surface area contributed by atoms with E-state index >= 15 is 0 Å². The van der Waals surface area contributed by atoms with E-state index in [1.165, 1.54) is 44.5 Å². The Morgan fingerprint density at radius 1 is 0.600 bits per heavy atom.